The highest BCUT2D eigenvalue weighted by atomic mass is 19.4. The highest BCUT2D eigenvalue weighted by molar-refractivity contribution is 6.10. The van der Waals surface area contributed by atoms with Crippen molar-refractivity contribution in [1.82, 2.24) is 19.7 Å². The number of likely N-dealkylation sites (tertiary alicyclic amines) is 1. The first kappa shape index (κ1) is 32.7. The van der Waals surface area contributed by atoms with Crippen molar-refractivity contribution in [1.29, 1.82) is 0 Å². The topological polar surface area (TPSA) is 72.7 Å². The van der Waals surface area contributed by atoms with Crippen LogP contribution in [0.15, 0.2) is 42.7 Å². The Morgan fingerprint density at radius 1 is 1.09 bits per heavy atom. The minimum absolute atomic E-state index is 0.0405. The normalized spacial score (nSPS) is 24.8. The number of anilines is 1. The van der Waals surface area contributed by atoms with Crippen molar-refractivity contribution in [3.05, 3.63) is 76.4 Å². The van der Waals surface area contributed by atoms with Crippen LogP contribution in [-0.4, -0.2) is 58.2 Å². The van der Waals surface area contributed by atoms with Gasteiger partial charge in [-0.25, -0.2) is 0 Å². The van der Waals surface area contributed by atoms with Gasteiger partial charge in [0.25, 0.3) is 5.91 Å². The molecule has 1 aliphatic carbocycles. The van der Waals surface area contributed by atoms with Crippen LogP contribution in [-0.2, 0) is 47.6 Å². The van der Waals surface area contributed by atoms with E-state index in [4.69, 9.17) is 9.47 Å². The molecule has 2 aromatic carbocycles. The molecule has 2 aliphatic heterocycles. The maximum atomic E-state index is 14.6. The van der Waals surface area contributed by atoms with Crippen molar-refractivity contribution in [2.45, 2.75) is 89.4 Å². The summed E-state index contributed by atoms with van der Waals surface area (Å²) in [6.07, 6.45) is 0.980. The molecule has 11 heteroatoms. The van der Waals surface area contributed by atoms with Crippen molar-refractivity contribution < 1.29 is 27.4 Å². The van der Waals surface area contributed by atoms with E-state index in [1.807, 2.05) is 29.8 Å². The first-order chi connectivity index (χ1) is 21.7. The van der Waals surface area contributed by atoms with E-state index in [9.17, 15) is 18.0 Å². The fourth-order valence-corrected chi connectivity index (χ4v) is 8.27. The lowest BCUT2D eigenvalue weighted by molar-refractivity contribution is -0.158. The number of alkyl halides is 3. The average Bonchev–Trinajstić information content (AvgIpc) is 3.54. The van der Waals surface area contributed by atoms with Crippen LogP contribution in [0, 0.1) is 11.8 Å². The number of carbonyl (C=O) groups is 1. The van der Waals surface area contributed by atoms with E-state index < -0.39 is 17.6 Å². The quantitative estimate of drug-likeness (QED) is 0.249. The lowest BCUT2D eigenvalue weighted by Gasteiger charge is -2.47. The van der Waals surface area contributed by atoms with Gasteiger partial charge < -0.3 is 18.9 Å². The number of fused-ring (bicyclic) bond motifs is 1. The molecular formula is C35H44F3N5O3. The minimum atomic E-state index is -4.59. The molecular weight excluding hydrogens is 595 g/mol. The van der Waals surface area contributed by atoms with Crippen molar-refractivity contribution in [3.63, 3.8) is 0 Å². The van der Waals surface area contributed by atoms with Crippen LogP contribution < -0.4 is 4.90 Å². The van der Waals surface area contributed by atoms with Crippen LogP contribution >= 0.6 is 0 Å². The number of nitrogens with zero attached hydrogens (tertiary/aromatic N) is 5. The standard InChI is InChI=1S/C35H44F3N5O3/c1-22-15-34(16-22,18-30-40-39-21-41(30)4)25-8-7-9-26(14-25)43-20-28-27(31(43)44)12-23(13-29(28)35(36,37)38)19-42-11-10-24(17-33(42,2)3)32(45-5)46-6/h7-9,12-14,21-22,24,32H,10-11,15-20H2,1-6H3. The molecule has 0 spiro atoms. The third-order valence-corrected chi connectivity index (χ3v) is 10.6. The van der Waals surface area contributed by atoms with E-state index in [0.717, 1.165) is 37.1 Å². The van der Waals surface area contributed by atoms with Gasteiger partial charge in [0.2, 0.25) is 0 Å². The molecule has 0 bridgehead atoms. The number of hydrogen-bond acceptors (Lipinski definition) is 6. The number of amides is 1. The molecule has 3 aliphatic rings. The second-order valence-electron chi connectivity index (χ2n) is 14.3. The van der Waals surface area contributed by atoms with Crippen molar-refractivity contribution in [3.8, 4) is 0 Å². The molecule has 1 unspecified atom stereocenters. The molecule has 1 saturated heterocycles. The number of methoxy groups -OCH3 is 2. The lowest BCUT2D eigenvalue weighted by atomic mass is 9.57. The molecule has 0 N–H and O–H groups in total. The van der Waals surface area contributed by atoms with Crippen LogP contribution in [0.3, 0.4) is 0 Å². The zero-order valence-electron chi connectivity index (χ0n) is 27.5. The van der Waals surface area contributed by atoms with E-state index in [1.54, 1.807) is 26.6 Å². The van der Waals surface area contributed by atoms with Crippen molar-refractivity contribution in [2.75, 3.05) is 25.7 Å². The summed E-state index contributed by atoms with van der Waals surface area (Å²) in [6.45, 7) is 7.28. The van der Waals surface area contributed by atoms with Crippen molar-refractivity contribution >= 4 is 11.6 Å². The Labute approximate surface area is 268 Å². The second kappa shape index (κ2) is 12.1. The summed E-state index contributed by atoms with van der Waals surface area (Å²) in [6, 6.07) is 10.7. The lowest BCUT2D eigenvalue weighted by Crippen LogP contribution is -2.51. The van der Waals surface area contributed by atoms with E-state index in [1.165, 1.54) is 11.0 Å². The van der Waals surface area contributed by atoms with Crippen molar-refractivity contribution in [2.24, 2.45) is 18.9 Å². The monoisotopic (exact) mass is 639 g/mol. The molecule has 3 aromatic rings. The zero-order valence-corrected chi connectivity index (χ0v) is 27.5. The molecule has 1 atom stereocenters. The second-order valence-corrected chi connectivity index (χ2v) is 14.3. The van der Waals surface area contributed by atoms with E-state index in [-0.39, 0.29) is 40.8 Å². The van der Waals surface area contributed by atoms with Crippen LogP contribution in [0.25, 0.3) is 0 Å². The zero-order chi connectivity index (χ0) is 33.0. The Bertz CT molecular complexity index is 1590. The first-order valence-corrected chi connectivity index (χ1v) is 16.0. The number of benzene rings is 2. The van der Waals surface area contributed by atoms with Gasteiger partial charge in [-0.3, -0.25) is 9.69 Å². The molecule has 2 fully saturated rings. The number of carbonyl (C=O) groups excluding carboxylic acids is 1. The van der Waals surface area contributed by atoms with Crippen LogP contribution in [0.1, 0.15) is 84.9 Å². The summed E-state index contributed by atoms with van der Waals surface area (Å²) >= 11 is 0. The van der Waals surface area contributed by atoms with Crippen LogP contribution in [0.4, 0.5) is 18.9 Å². The van der Waals surface area contributed by atoms with E-state index >= 15 is 0 Å². The SMILES string of the molecule is COC(OC)C1CCN(Cc2cc3c(c(C(F)(F)F)c2)CN(c2cccc(C4(Cc5nncn5C)CC(C)C4)c2)C3=O)C(C)(C)C1. The van der Waals surface area contributed by atoms with Crippen LogP contribution in [0.5, 0.6) is 0 Å². The summed E-state index contributed by atoms with van der Waals surface area (Å²) in [4.78, 5) is 17.6. The Hall–Kier alpha value is -3.28. The molecule has 8 nitrogen and oxygen atoms in total. The van der Waals surface area contributed by atoms with Gasteiger partial charge in [0.05, 0.1) is 12.1 Å². The molecule has 1 aromatic heterocycles. The maximum Gasteiger partial charge on any atom is 0.416 e. The highest BCUT2D eigenvalue weighted by Crippen LogP contribution is 2.50. The van der Waals surface area contributed by atoms with Gasteiger partial charge in [-0.2, -0.15) is 13.2 Å². The van der Waals surface area contributed by atoms with E-state index in [2.05, 4.69) is 41.9 Å². The number of aromatic nitrogens is 3. The molecule has 1 amide bonds. The highest BCUT2D eigenvalue weighted by Gasteiger charge is 2.46. The Morgan fingerprint density at radius 3 is 2.43 bits per heavy atom. The fraction of sp³-hybridized carbons (Fsp3) is 0.571. The number of ether oxygens (including phenoxy) is 2. The van der Waals surface area contributed by atoms with Gasteiger partial charge in [0.1, 0.15) is 12.2 Å². The predicted octanol–water partition coefficient (Wildman–Crippen LogP) is 6.51. The first-order valence-electron chi connectivity index (χ1n) is 16.0. The van der Waals surface area contributed by atoms with Gasteiger partial charge in [0, 0.05) is 62.4 Å². The number of hydrogen-bond donors (Lipinski definition) is 0. The Balaban J connectivity index is 1.28. The Morgan fingerprint density at radius 2 is 1.83 bits per heavy atom. The van der Waals surface area contributed by atoms with Gasteiger partial charge in [-0.15, -0.1) is 10.2 Å². The number of aryl methyl sites for hydroxylation is 1. The average molecular weight is 640 g/mol. The molecule has 6 rings (SSSR count). The van der Waals surface area contributed by atoms with Crippen LogP contribution in [0.2, 0.25) is 0 Å². The van der Waals surface area contributed by atoms with Gasteiger partial charge in [-0.1, -0.05) is 19.1 Å². The molecule has 1 saturated carbocycles. The smallest absolute Gasteiger partial charge is 0.356 e. The van der Waals surface area contributed by atoms with Gasteiger partial charge in [0.15, 0.2) is 6.29 Å². The molecule has 0 radical (unpaired) electrons. The summed E-state index contributed by atoms with van der Waals surface area (Å²) in [5.74, 6) is 1.21. The molecule has 3 heterocycles. The molecule has 248 valence electrons. The molecule has 46 heavy (non-hydrogen) atoms. The number of halogens is 3. The predicted molar refractivity (Wildman–Crippen MR) is 168 cm³/mol. The van der Waals surface area contributed by atoms with Gasteiger partial charge >= 0.3 is 6.18 Å². The maximum absolute atomic E-state index is 14.6. The third kappa shape index (κ3) is 5.97. The fourth-order valence-electron chi connectivity index (χ4n) is 8.27. The summed E-state index contributed by atoms with van der Waals surface area (Å²) in [5, 5.41) is 8.35. The third-order valence-electron chi connectivity index (χ3n) is 10.6. The van der Waals surface area contributed by atoms with Gasteiger partial charge in [-0.05, 0) is 92.9 Å². The summed E-state index contributed by atoms with van der Waals surface area (Å²) < 4.78 is 56.6. The van der Waals surface area contributed by atoms with E-state index in [0.29, 0.717) is 36.7 Å². The largest absolute Gasteiger partial charge is 0.416 e. The number of rotatable bonds is 9. The Kier molecular flexibility index (Phi) is 8.56. The summed E-state index contributed by atoms with van der Waals surface area (Å²) in [5.41, 5.74) is 1.15. The minimum Gasteiger partial charge on any atom is -0.356 e. The summed E-state index contributed by atoms with van der Waals surface area (Å²) in [7, 11) is 5.17. The number of piperidine rings is 1.